The molecule has 1 aromatic heterocycles. The lowest BCUT2D eigenvalue weighted by molar-refractivity contribution is 0.0946. The second-order valence-corrected chi connectivity index (χ2v) is 4.79. The monoisotopic (exact) mass is 308 g/mol. The van der Waals surface area contributed by atoms with Crippen LogP contribution in [-0.4, -0.2) is 32.2 Å². The van der Waals surface area contributed by atoms with Crippen molar-refractivity contribution in [2.24, 2.45) is 0 Å². The molecule has 0 fully saturated rings. The number of rotatable bonds is 6. The number of hydrogen-bond donors (Lipinski definition) is 1. The van der Waals surface area contributed by atoms with Gasteiger partial charge in [-0.25, -0.2) is 4.98 Å². The van der Waals surface area contributed by atoms with Gasteiger partial charge in [0.2, 0.25) is 0 Å². The van der Waals surface area contributed by atoms with Crippen LogP contribution in [0.15, 0.2) is 23.0 Å². The number of nitrogens with one attached hydrogen (secondary N) is 1. The van der Waals surface area contributed by atoms with Crippen molar-refractivity contribution in [1.29, 1.82) is 0 Å². The summed E-state index contributed by atoms with van der Waals surface area (Å²) in [4.78, 5) is 15.9. The van der Waals surface area contributed by atoms with E-state index in [-0.39, 0.29) is 5.91 Å². The van der Waals surface area contributed by atoms with Crippen LogP contribution >= 0.6 is 11.3 Å². The molecule has 0 aliphatic heterocycles. The summed E-state index contributed by atoms with van der Waals surface area (Å²) in [6.45, 7) is 0.305. The Morgan fingerprint density at radius 3 is 2.38 bits per heavy atom. The Kier molecular flexibility index (Phi) is 4.99. The lowest BCUT2D eigenvalue weighted by atomic mass is 10.1. The molecule has 112 valence electrons. The highest BCUT2D eigenvalue weighted by atomic mass is 32.1. The highest BCUT2D eigenvalue weighted by Gasteiger charge is 2.13. The molecular weight excluding hydrogens is 292 g/mol. The van der Waals surface area contributed by atoms with Crippen molar-refractivity contribution in [3.05, 3.63) is 34.3 Å². The number of carbonyl (C=O) groups excluding carboxylic acids is 1. The van der Waals surface area contributed by atoms with Gasteiger partial charge in [-0.2, -0.15) is 0 Å². The van der Waals surface area contributed by atoms with E-state index < -0.39 is 0 Å². The lowest BCUT2D eigenvalue weighted by Gasteiger charge is -2.14. The molecule has 0 atom stereocenters. The zero-order valence-electron chi connectivity index (χ0n) is 12.0. The summed E-state index contributed by atoms with van der Waals surface area (Å²) in [5.74, 6) is 1.54. The molecule has 6 nitrogen and oxygen atoms in total. The number of aromatic nitrogens is 1. The van der Waals surface area contributed by atoms with Gasteiger partial charge in [0.25, 0.3) is 5.91 Å². The van der Waals surface area contributed by atoms with E-state index in [2.05, 4.69) is 10.3 Å². The molecule has 0 aliphatic carbocycles. The van der Waals surface area contributed by atoms with Crippen molar-refractivity contribution in [1.82, 2.24) is 10.3 Å². The zero-order valence-corrected chi connectivity index (χ0v) is 12.8. The summed E-state index contributed by atoms with van der Waals surface area (Å²) in [6.07, 6.45) is 0. The van der Waals surface area contributed by atoms with Crippen LogP contribution in [0, 0.1) is 0 Å². The lowest BCUT2D eigenvalue weighted by Crippen LogP contribution is -2.23. The van der Waals surface area contributed by atoms with Gasteiger partial charge >= 0.3 is 0 Å². The van der Waals surface area contributed by atoms with E-state index in [1.54, 1.807) is 44.4 Å². The molecule has 0 bridgehead atoms. The Morgan fingerprint density at radius 2 is 1.81 bits per heavy atom. The van der Waals surface area contributed by atoms with Crippen LogP contribution in [0.4, 0.5) is 0 Å². The molecule has 0 radical (unpaired) electrons. The summed E-state index contributed by atoms with van der Waals surface area (Å²) in [5.41, 5.74) is 2.81. The topological polar surface area (TPSA) is 69.7 Å². The summed E-state index contributed by atoms with van der Waals surface area (Å²) < 4.78 is 15.8. The predicted molar refractivity (Wildman–Crippen MR) is 79.4 cm³/mol. The molecular formula is C14H16N2O4S. The fourth-order valence-electron chi connectivity index (χ4n) is 1.82. The standard InChI is InChI=1S/C14H16N2O4S/c1-18-11-5-13(20-3)12(19-2)4-9(11)6-15-14(17)10-7-21-8-16-10/h4-5,7-8H,6H2,1-3H3,(H,15,17). The predicted octanol–water partition coefficient (Wildman–Crippen LogP) is 2.10. The first-order valence-corrected chi connectivity index (χ1v) is 7.09. The highest BCUT2D eigenvalue weighted by Crippen LogP contribution is 2.34. The van der Waals surface area contributed by atoms with Gasteiger partial charge in [-0.1, -0.05) is 0 Å². The minimum absolute atomic E-state index is 0.229. The first-order valence-electron chi connectivity index (χ1n) is 6.14. The minimum atomic E-state index is -0.229. The maximum atomic E-state index is 11.9. The Morgan fingerprint density at radius 1 is 1.14 bits per heavy atom. The average Bonchev–Trinajstić information content (AvgIpc) is 3.06. The first kappa shape index (κ1) is 15.1. The van der Waals surface area contributed by atoms with E-state index in [1.165, 1.54) is 11.3 Å². The first-order chi connectivity index (χ1) is 10.2. The Bertz CT molecular complexity index is 614. The van der Waals surface area contributed by atoms with Crippen LogP contribution in [0.1, 0.15) is 16.1 Å². The summed E-state index contributed by atoms with van der Waals surface area (Å²) >= 11 is 1.38. The van der Waals surface area contributed by atoms with Crippen LogP contribution in [0.2, 0.25) is 0 Å². The van der Waals surface area contributed by atoms with E-state index >= 15 is 0 Å². The molecule has 2 rings (SSSR count). The molecule has 1 aromatic carbocycles. The fraction of sp³-hybridized carbons (Fsp3) is 0.286. The van der Waals surface area contributed by atoms with Crippen molar-refractivity contribution in [2.45, 2.75) is 6.54 Å². The van der Waals surface area contributed by atoms with Crippen molar-refractivity contribution in [3.8, 4) is 17.2 Å². The van der Waals surface area contributed by atoms with Crippen LogP contribution in [0.25, 0.3) is 0 Å². The maximum Gasteiger partial charge on any atom is 0.271 e. The molecule has 0 spiro atoms. The maximum absolute atomic E-state index is 11.9. The Balaban J connectivity index is 2.17. The molecule has 0 saturated carbocycles. The van der Waals surface area contributed by atoms with Gasteiger partial charge in [0.1, 0.15) is 11.4 Å². The minimum Gasteiger partial charge on any atom is -0.496 e. The van der Waals surface area contributed by atoms with Crippen LogP contribution < -0.4 is 19.5 Å². The van der Waals surface area contributed by atoms with Gasteiger partial charge in [0, 0.05) is 23.6 Å². The third kappa shape index (κ3) is 3.43. The molecule has 1 N–H and O–H groups in total. The second kappa shape index (κ2) is 6.94. The van der Waals surface area contributed by atoms with Gasteiger partial charge in [-0.05, 0) is 6.07 Å². The largest absolute Gasteiger partial charge is 0.496 e. The van der Waals surface area contributed by atoms with Crippen molar-refractivity contribution >= 4 is 17.2 Å². The molecule has 1 heterocycles. The second-order valence-electron chi connectivity index (χ2n) is 4.08. The number of thiazole rings is 1. The quantitative estimate of drug-likeness (QED) is 0.885. The van der Waals surface area contributed by atoms with Crippen molar-refractivity contribution in [2.75, 3.05) is 21.3 Å². The summed E-state index contributed by atoms with van der Waals surface area (Å²) in [7, 11) is 4.68. The van der Waals surface area contributed by atoms with Crippen molar-refractivity contribution in [3.63, 3.8) is 0 Å². The number of nitrogens with zero attached hydrogens (tertiary/aromatic N) is 1. The number of amides is 1. The molecule has 1 amide bonds. The normalized spacial score (nSPS) is 10.0. The van der Waals surface area contributed by atoms with E-state index in [0.717, 1.165) is 5.56 Å². The van der Waals surface area contributed by atoms with E-state index in [9.17, 15) is 4.79 Å². The van der Waals surface area contributed by atoms with Gasteiger partial charge < -0.3 is 19.5 Å². The van der Waals surface area contributed by atoms with E-state index in [0.29, 0.717) is 29.5 Å². The Hall–Kier alpha value is -2.28. The highest BCUT2D eigenvalue weighted by molar-refractivity contribution is 7.07. The number of methoxy groups -OCH3 is 3. The third-order valence-corrected chi connectivity index (χ3v) is 3.48. The number of benzene rings is 1. The van der Waals surface area contributed by atoms with E-state index in [4.69, 9.17) is 14.2 Å². The molecule has 0 saturated heterocycles. The summed E-state index contributed by atoms with van der Waals surface area (Å²) in [6, 6.07) is 3.50. The third-order valence-electron chi connectivity index (χ3n) is 2.89. The van der Waals surface area contributed by atoms with Crippen molar-refractivity contribution < 1.29 is 19.0 Å². The van der Waals surface area contributed by atoms with Crippen LogP contribution in [-0.2, 0) is 6.54 Å². The smallest absolute Gasteiger partial charge is 0.271 e. The zero-order chi connectivity index (χ0) is 15.2. The van der Waals surface area contributed by atoms with Gasteiger partial charge in [-0.3, -0.25) is 4.79 Å². The molecule has 0 aliphatic rings. The SMILES string of the molecule is COc1cc(OC)c(OC)cc1CNC(=O)c1cscn1. The van der Waals surface area contributed by atoms with E-state index in [1.807, 2.05) is 0 Å². The molecule has 0 unspecified atom stereocenters. The summed E-state index contributed by atoms with van der Waals surface area (Å²) in [5, 5.41) is 4.49. The van der Waals surface area contributed by atoms with Gasteiger partial charge in [0.15, 0.2) is 11.5 Å². The number of ether oxygens (including phenoxy) is 3. The van der Waals surface area contributed by atoms with Gasteiger partial charge in [0.05, 0.1) is 26.8 Å². The molecule has 7 heteroatoms. The van der Waals surface area contributed by atoms with Gasteiger partial charge in [-0.15, -0.1) is 11.3 Å². The molecule has 21 heavy (non-hydrogen) atoms. The number of hydrogen-bond acceptors (Lipinski definition) is 6. The van der Waals surface area contributed by atoms with Crippen LogP contribution in [0.5, 0.6) is 17.2 Å². The fourth-order valence-corrected chi connectivity index (χ4v) is 2.35. The Labute approximate surface area is 126 Å². The average molecular weight is 308 g/mol. The van der Waals surface area contributed by atoms with Crippen LogP contribution in [0.3, 0.4) is 0 Å². The number of carbonyl (C=O) groups is 1. The molecule has 2 aromatic rings.